The Balaban J connectivity index is 1.59. The summed E-state index contributed by atoms with van der Waals surface area (Å²) in [5.74, 6) is -1.23. The van der Waals surface area contributed by atoms with Crippen molar-refractivity contribution in [2.24, 2.45) is 0 Å². The van der Waals surface area contributed by atoms with Gasteiger partial charge in [-0.1, -0.05) is 48.0 Å². The van der Waals surface area contributed by atoms with Crippen LogP contribution < -0.4 is 9.62 Å². The summed E-state index contributed by atoms with van der Waals surface area (Å²) in [5.41, 5.74) is 1.72. The van der Waals surface area contributed by atoms with Crippen LogP contribution in [0.5, 0.6) is 0 Å². The largest absolute Gasteiger partial charge is 0.350 e. The van der Waals surface area contributed by atoms with Gasteiger partial charge in [0, 0.05) is 18.9 Å². The number of amides is 1. The van der Waals surface area contributed by atoms with Gasteiger partial charge < -0.3 is 9.88 Å². The maximum absolute atomic E-state index is 13.7. The van der Waals surface area contributed by atoms with E-state index < -0.39 is 28.3 Å². The molecule has 10 heteroatoms. The normalized spacial score (nSPS) is 11.2. The summed E-state index contributed by atoms with van der Waals surface area (Å²) in [6.45, 7) is -0.358. The van der Waals surface area contributed by atoms with Crippen LogP contribution in [-0.4, -0.2) is 30.4 Å². The Morgan fingerprint density at radius 1 is 1.06 bits per heavy atom. The van der Waals surface area contributed by atoms with Crippen molar-refractivity contribution < 1.29 is 17.6 Å². The molecule has 1 aromatic heterocycles. The van der Waals surface area contributed by atoms with Gasteiger partial charge in [-0.2, -0.15) is 0 Å². The standard InChI is InChI=1S/C24H20ClFN4O3S/c25-21-14-19(10-11-22(21)26)30(34(32,33)20-7-2-1-3-8-20)16-24(31)28-15-18-6-4-5-9-23(18)29-13-12-27-17-29/h1-14,17H,15-16H2,(H,28,31). The highest BCUT2D eigenvalue weighted by Crippen LogP contribution is 2.27. The highest BCUT2D eigenvalue weighted by Gasteiger charge is 2.27. The lowest BCUT2D eigenvalue weighted by atomic mass is 10.1. The van der Waals surface area contributed by atoms with Crippen LogP contribution in [0.1, 0.15) is 5.56 Å². The summed E-state index contributed by atoms with van der Waals surface area (Å²) in [6, 6.07) is 18.6. The van der Waals surface area contributed by atoms with E-state index in [2.05, 4.69) is 10.3 Å². The number of rotatable bonds is 8. The van der Waals surface area contributed by atoms with Crippen LogP contribution in [-0.2, 0) is 21.4 Å². The second kappa shape index (κ2) is 10.1. The van der Waals surface area contributed by atoms with Crippen molar-refractivity contribution in [1.29, 1.82) is 0 Å². The molecule has 0 unspecified atom stereocenters. The molecule has 1 N–H and O–H groups in total. The molecule has 174 valence electrons. The average Bonchev–Trinajstić information content (AvgIpc) is 3.38. The summed E-state index contributed by atoms with van der Waals surface area (Å²) in [4.78, 5) is 16.9. The number of hydrogen-bond acceptors (Lipinski definition) is 4. The molecule has 0 saturated heterocycles. The minimum atomic E-state index is -4.13. The Morgan fingerprint density at radius 2 is 1.79 bits per heavy atom. The van der Waals surface area contributed by atoms with Gasteiger partial charge in [-0.15, -0.1) is 0 Å². The predicted molar refractivity (Wildman–Crippen MR) is 128 cm³/mol. The number of carbonyl (C=O) groups is 1. The summed E-state index contributed by atoms with van der Waals surface area (Å²) >= 11 is 5.89. The van der Waals surface area contributed by atoms with E-state index in [1.165, 1.54) is 24.3 Å². The van der Waals surface area contributed by atoms with Crippen molar-refractivity contribution in [2.75, 3.05) is 10.8 Å². The molecule has 0 aliphatic heterocycles. The first-order valence-electron chi connectivity index (χ1n) is 10.2. The lowest BCUT2D eigenvalue weighted by Gasteiger charge is -2.24. The summed E-state index contributed by atoms with van der Waals surface area (Å²) in [5, 5.41) is 2.52. The van der Waals surface area contributed by atoms with E-state index in [0.717, 1.165) is 21.6 Å². The Hall–Kier alpha value is -3.69. The van der Waals surface area contributed by atoms with Crippen molar-refractivity contribution in [3.63, 3.8) is 0 Å². The topological polar surface area (TPSA) is 84.3 Å². The zero-order valence-electron chi connectivity index (χ0n) is 17.8. The van der Waals surface area contributed by atoms with Gasteiger partial charge in [0.15, 0.2) is 0 Å². The van der Waals surface area contributed by atoms with Crippen molar-refractivity contribution in [3.8, 4) is 5.69 Å². The highest BCUT2D eigenvalue weighted by atomic mass is 35.5. The van der Waals surface area contributed by atoms with E-state index in [4.69, 9.17) is 11.6 Å². The molecule has 1 amide bonds. The molecule has 3 aromatic carbocycles. The molecular weight excluding hydrogens is 479 g/mol. The van der Waals surface area contributed by atoms with Gasteiger partial charge in [-0.05, 0) is 42.0 Å². The van der Waals surface area contributed by atoms with Gasteiger partial charge in [0.2, 0.25) is 5.91 Å². The monoisotopic (exact) mass is 498 g/mol. The number of nitrogens with zero attached hydrogens (tertiary/aromatic N) is 3. The number of benzene rings is 3. The first-order chi connectivity index (χ1) is 16.4. The Morgan fingerprint density at radius 3 is 2.50 bits per heavy atom. The quantitative estimate of drug-likeness (QED) is 0.395. The van der Waals surface area contributed by atoms with E-state index in [-0.39, 0.29) is 22.2 Å². The summed E-state index contributed by atoms with van der Waals surface area (Å²) in [6.07, 6.45) is 5.08. The lowest BCUT2D eigenvalue weighted by Crippen LogP contribution is -2.40. The first kappa shape index (κ1) is 23.5. The summed E-state index contributed by atoms with van der Waals surface area (Å²) < 4.78 is 43.1. The van der Waals surface area contributed by atoms with Crippen molar-refractivity contribution in [1.82, 2.24) is 14.9 Å². The number of nitrogens with one attached hydrogen (secondary N) is 1. The third-order valence-electron chi connectivity index (χ3n) is 5.06. The third-order valence-corrected chi connectivity index (χ3v) is 7.14. The van der Waals surface area contributed by atoms with E-state index in [1.807, 2.05) is 28.8 Å². The van der Waals surface area contributed by atoms with Crippen LogP contribution in [0.3, 0.4) is 0 Å². The maximum atomic E-state index is 13.7. The summed E-state index contributed by atoms with van der Waals surface area (Å²) in [7, 11) is -4.13. The zero-order chi connectivity index (χ0) is 24.1. The van der Waals surface area contributed by atoms with E-state index in [0.29, 0.717) is 0 Å². The number of aromatic nitrogens is 2. The number of imidazole rings is 1. The molecule has 0 saturated carbocycles. The Kier molecular flexibility index (Phi) is 6.95. The van der Waals surface area contributed by atoms with Gasteiger partial charge in [-0.3, -0.25) is 9.10 Å². The molecule has 1 heterocycles. The Bertz CT molecular complexity index is 1400. The maximum Gasteiger partial charge on any atom is 0.264 e. The number of carbonyl (C=O) groups excluding carboxylic acids is 1. The number of para-hydroxylation sites is 1. The molecule has 0 aliphatic carbocycles. The lowest BCUT2D eigenvalue weighted by molar-refractivity contribution is -0.119. The van der Waals surface area contributed by atoms with Gasteiger partial charge in [-0.25, -0.2) is 17.8 Å². The smallest absolute Gasteiger partial charge is 0.264 e. The van der Waals surface area contributed by atoms with Crippen LogP contribution in [0.15, 0.2) is 96.4 Å². The van der Waals surface area contributed by atoms with Gasteiger partial charge in [0.25, 0.3) is 10.0 Å². The highest BCUT2D eigenvalue weighted by molar-refractivity contribution is 7.92. The third kappa shape index (κ3) is 5.11. The Labute approximate surface area is 201 Å². The van der Waals surface area contributed by atoms with Crippen LogP contribution in [0.25, 0.3) is 5.69 Å². The van der Waals surface area contributed by atoms with Crippen LogP contribution in [0, 0.1) is 5.82 Å². The SMILES string of the molecule is O=C(CN(c1ccc(F)c(Cl)c1)S(=O)(=O)c1ccccc1)NCc1ccccc1-n1ccnc1. The minimum Gasteiger partial charge on any atom is -0.350 e. The van der Waals surface area contributed by atoms with Crippen molar-refractivity contribution >= 4 is 33.2 Å². The van der Waals surface area contributed by atoms with Crippen molar-refractivity contribution in [2.45, 2.75) is 11.4 Å². The molecule has 0 spiro atoms. The van der Waals surface area contributed by atoms with Crippen molar-refractivity contribution in [3.05, 3.63) is 108 Å². The number of anilines is 1. The fraction of sp³-hybridized carbons (Fsp3) is 0.0833. The zero-order valence-corrected chi connectivity index (χ0v) is 19.4. The predicted octanol–water partition coefficient (Wildman–Crippen LogP) is 4.18. The molecule has 0 fully saturated rings. The fourth-order valence-corrected chi connectivity index (χ4v) is 4.98. The fourth-order valence-electron chi connectivity index (χ4n) is 3.37. The molecule has 34 heavy (non-hydrogen) atoms. The average molecular weight is 499 g/mol. The van der Waals surface area contributed by atoms with Gasteiger partial charge in [0.05, 0.1) is 27.6 Å². The molecular formula is C24H20ClFN4O3S. The molecule has 7 nitrogen and oxygen atoms in total. The number of hydrogen-bond donors (Lipinski definition) is 1. The van der Waals surface area contributed by atoms with E-state index in [9.17, 15) is 17.6 Å². The second-order valence-electron chi connectivity index (χ2n) is 7.30. The molecule has 4 aromatic rings. The molecule has 0 aliphatic rings. The van der Waals surface area contributed by atoms with Crippen LogP contribution >= 0.6 is 11.6 Å². The van der Waals surface area contributed by atoms with Gasteiger partial charge in [0.1, 0.15) is 12.4 Å². The number of sulfonamides is 1. The molecule has 0 radical (unpaired) electrons. The van der Waals surface area contributed by atoms with Crippen LogP contribution in [0.2, 0.25) is 5.02 Å². The van der Waals surface area contributed by atoms with Crippen LogP contribution in [0.4, 0.5) is 10.1 Å². The molecule has 0 atom stereocenters. The second-order valence-corrected chi connectivity index (χ2v) is 9.57. The minimum absolute atomic E-state index is 0.00583. The van der Waals surface area contributed by atoms with Gasteiger partial charge >= 0.3 is 0 Å². The van der Waals surface area contributed by atoms with E-state index in [1.54, 1.807) is 36.9 Å². The molecule has 0 bridgehead atoms. The molecule has 4 rings (SSSR count). The first-order valence-corrected chi connectivity index (χ1v) is 12.0. The number of halogens is 2. The van der Waals surface area contributed by atoms with E-state index >= 15 is 0 Å².